The zero-order chi connectivity index (χ0) is 19.8. The van der Waals surface area contributed by atoms with Crippen LogP contribution in [0.4, 0.5) is 8.78 Å². The molecule has 0 spiro atoms. The Balaban J connectivity index is 2.11. The van der Waals surface area contributed by atoms with E-state index in [4.69, 9.17) is 0 Å². The zero-order valence-corrected chi connectivity index (χ0v) is 16.5. The van der Waals surface area contributed by atoms with Gasteiger partial charge in [-0.05, 0) is 55.9 Å². The van der Waals surface area contributed by atoms with Crippen molar-refractivity contribution in [3.63, 3.8) is 0 Å². The molecule has 0 aliphatic heterocycles. The fourth-order valence-electron chi connectivity index (χ4n) is 2.56. The Morgan fingerprint density at radius 3 is 2.59 bits per heavy atom. The first-order valence-corrected chi connectivity index (χ1v) is 9.89. The Bertz CT molecular complexity index is 782. The third-order valence-electron chi connectivity index (χ3n) is 4.21. The van der Waals surface area contributed by atoms with E-state index in [9.17, 15) is 13.6 Å². The van der Waals surface area contributed by atoms with Crippen molar-refractivity contribution in [3.8, 4) is 0 Å². The summed E-state index contributed by atoms with van der Waals surface area (Å²) < 4.78 is 26.4. The van der Waals surface area contributed by atoms with Crippen molar-refractivity contribution in [3.05, 3.63) is 71.4 Å². The number of nitrogens with one attached hydrogen (secondary N) is 1. The van der Waals surface area contributed by atoms with E-state index in [1.54, 1.807) is 31.2 Å². The second-order valence-electron chi connectivity index (χ2n) is 6.21. The molecule has 0 heterocycles. The molecule has 1 aromatic rings. The molecule has 144 valence electrons. The Morgan fingerprint density at radius 2 is 1.93 bits per heavy atom. The van der Waals surface area contributed by atoms with Gasteiger partial charge >= 0.3 is 0 Å². The maximum atomic E-state index is 13.3. The molecule has 0 bridgehead atoms. The molecule has 0 aromatic heterocycles. The third-order valence-corrected chi connectivity index (χ3v) is 4.98. The lowest BCUT2D eigenvalue weighted by atomic mass is 9.97. The van der Waals surface area contributed by atoms with E-state index in [1.807, 2.05) is 13.8 Å². The Labute approximate surface area is 163 Å². The van der Waals surface area contributed by atoms with Crippen LogP contribution in [0, 0.1) is 11.7 Å². The molecular formula is C21H24F2N2OS. The van der Waals surface area contributed by atoms with Crippen molar-refractivity contribution in [2.45, 2.75) is 33.2 Å². The molecule has 3 nitrogen and oxygen atoms in total. The van der Waals surface area contributed by atoms with Crippen LogP contribution >= 0.6 is 11.8 Å². The summed E-state index contributed by atoms with van der Waals surface area (Å²) in [6.07, 6.45) is 6.66. The highest BCUT2D eigenvalue weighted by molar-refractivity contribution is 8.13. The fraction of sp³-hybridized carbons (Fsp3) is 0.333. The van der Waals surface area contributed by atoms with Gasteiger partial charge in [-0.25, -0.2) is 8.78 Å². The van der Waals surface area contributed by atoms with Gasteiger partial charge in [0.1, 0.15) is 11.6 Å². The number of halogens is 2. The summed E-state index contributed by atoms with van der Waals surface area (Å²) in [5.74, 6) is -0.453. The molecule has 1 aliphatic rings. The molecule has 1 unspecified atom stereocenters. The Hall–Kier alpha value is -2.21. The van der Waals surface area contributed by atoms with Crippen LogP contribution in [0.2, 0.25) is 0 Å². The van der Waals surface area contributed by atoms with Gasteiger partial charge in [0.05, 0.1) is 12.0 Å². The highest BCUT2D eigenvalue weighted by Gasteiger charge is 2.19. The molecule has 2 atom stereocenters. The quantitative estimate of drug-likeness (QED) is 0.534. The number of amidine groups is 1. The summed E-state index contributed by atoms with van der Waals surface area (Å²) in [7, 11) is 0. The number of hydrogen-bond acceptors (Lipinski definition) is 3. The average molecular weight is 390 g/mol. The standard InChI is InChI=1S/C21H24F2N2OS/c1-4-27-21(24-15(3)17-9-12-19(23)13-10-17)25-20(26)14(2)16-6-5-7-18(22)11-8-16/h5,7-15H,4,6H2,1-3H3,(H,24,25,26)/t14?,15-/m0/s1. The molecule has 0 fully saturated rings. The summed E-state index contributed by atoms with van der Waals surface area (Å²) in [4.78, 5) is 17.2. The van der Waals surface area contributed by atoms with Gasteiger partial charge in [-0.2, -0.15) is 0 Å². The van der Waals surface area contributed by atoms with Crippen molar-refractivity contribution in [1.29, 1.82) is 0 Å². The molecule has 27 heavy (non-hydrogen) atoms. The smallest absolute Gasteiger partial charge is 0.232 e. The Kier molecular flexibility index (Phi) is 7.98. The number of amides is 1. The maximum Gasteiger partial charge on any atom is 0.232 e. The fourth-order valence-corrected chi connectivity index (χ4v) is 3.23. The van der Waals surface area contributed by atoms with Gasteiger partial charge in [0.2, 0.25) is 5.91 Å². The minimum atomic E-state index is -0.402. The van der Waals surface area contributed by atoms with E-state index < -0.39 is 5.92 Å². The number of carbonyl (C=O) groups is 1. The topological polar surface area (TPSA) is 41.5 Å². The number of rotatable bonds is 5. The highest BCUT2D eigenvalue weighted by atomic mass is 32.2. The first kappa shape index (κ1) is 21.1. The van der Waals surface area contributed by atoms with Gasteiger partial charge in [0, 0.05) is 0 Å². The van der Waals surface area contributed by atoms with E-state index in [2.05, 4.69) is 10.3 Å². The van der Waals surface area contributed by atoms with Crippen molar-refractivity contribution in [1.82, 2.24) is 5.32 Å². The van der Waals surface area contributed by atoms with Crippen molar-refractivity contribution >= 4 is 22.8 Å². The summed E-state index contributed by atoms with van der Waals surface area (Å²) in [6, 6.07) is 5.95. The van der Waals surface area contributed by atoms with Crippen LogP contribution in [-0.4, -0.2) is 16.8 Å². The first-order chi connectivity index (χ1) is 12.9. The van der Waals surface area contributed by atoms with Crippen LogP contribution in [0.15, 0.2) is 65.0 Å². The number of carbonyl (C=O) groups excluding carboxylic acids is 1. The predicted octanol–water partition coefficient (Wildman–Crippen LogP) is 5.49. The van der Waals surface area contributed by atoms with E-state index >= 15 is 0 Å². The molecule has 1 amide bonds. The number of aliphatic imine (C=N–C) groups is 1. The van der Waals surface area contributed by atoms with Crippen LogP contribution in [0.1, 0.15) is 38.8 Å². The second-order valence-corrected chi connectivity index (χ2v) is 7.46. The molecule has 0 saturated heterocycles. The highest BCUT2D eigenvalue weighted by Crippen LogP contribution is 2.22. The Morgan fingerprint density at radius 1 is 1.22 bits per heavy atom. The SMILES string of the molecule is CCSC(=N[C@@H](C)c1ccc(F)cc1)NC(=O)C(C)C1=CC=C(F)C=CC1. The van der Waals surface area contributed by atoms with Crippen molar-refractivity contribution in [2.24, 2.45) is 10.9 Å². The minimum absolute atomic E-state index is 0.184. The van der Waals surface area contributed by atoms with Gasteiger partial charge < -0.3 is 5.32 Å². The van der Waals surface area contributed by atoms with Crippen LogP contribution in [0.25, 0.3) is 0 Å². The summed E-state index contributed by atoms with van der Waals surface area (Å²) in [5.41, 5.74) is 1.70. The van der Waals surface area contributed by atoms with Gasteiger partial charge in [0.15, 0.2) is 5.17 Å². The second kappa shape index (κ2) is 10.2. The number of nitrogens with zero attached hydrogens (tertiary/aromatic N) is 1. The summed E-state index contributed by atoms with van der Waals surface area (Å²) >= 11 is 1.44. The van der Waals surface area contributed by atoms with Gasteiger partial charge in [-0.15, -0.1) is 0 Å². The van der Waals surface area contributed by atoms with Crippen molar-refractivity contribution < 1.29 is 13.6 Å². The average Bonchev–Trinajstić information content (AvgIpc) is 2.86. The zero-order valence-electron chi connectivity index (χ0n) is 15.7. The summed E-state index contributed by atoms with van der Waals surface area (Å²) in [5, 5.41) is 3.40. The lowest BCUT2D eigenvalue weighted by molar-refractivity contribution is -0.121. The van der Waals surface area contributed by atoms with Gasteiger partial charge in [0.25, 0.3) is 0 Å². The minimum Gasteiger partial charge on any atom is -0.305 e. The third kappa shape index (κ3) is 6.47. The van der Waals surface area contributed by atoms with Crippen molar-refractivity contribution in [2.75, 3.05) is 5.75 Å². The number of benzene rings is 1. The van der Waals surface area contributed by atoms with Crippen LogP contribution in [0.3, 0.4) is 0 Å². The van der Waals surface area contributed by atoms with E-state index in [-0.39, 0.29) is 23.6 Å². The molecular weight excluding hydrogens is 366 g/mol. The van der Waals surface area contributed by atoms with Crippen LogP contribution < -0.4 is 5.32 Å². The maximum absolute atomic E-state index is 13.3. The molecule has 1 aromatic carbocycles. The molecule has 6 heteroatoms. The van der Waals surface area contributed by atoms with Gasteiger partial charge in [-0.3, -0.25) is 9.79 Å². The van der Waals surface area contributed by atoms with Gasteiger partial charge in [-0.1, -0.05) is 48.5 Å². The largest absolute Gasteiger partial charge is 0.305 e. The molecule has 0 saturated carbocycles. The van der Waals surface area contributed by atoms with Crippen LogP contribution in [0.5, 0.6) is 0 Å². The predicted molar refractivity (Wildman–Crippen MR) is 109 cm³/mol. The lowest BCUT2D eigenvalue weighted by Crippen LogP contribution is -2.34. The monoisotopic (exact) mass is 390 g/mol. The molecule has 0 radical (unpaired) electrons. The van der Waals surface area contributed by atoms with Crippen LogP contribution in [-0.2, 0) is 4.79 Å². The molecule has 1 N–H and O–H groups in total. The van der Waals surface area contributed by atoms with E-state index in [1.165, 1.54) is 36.0 Å². The number of allylic oxidation sites excluding steroid dienone is 5. The number of hydrogen-bond donors (Lipinski definition) is 1. The van der Waals surface area contributed by atoms with E-state index in [0.717, 1.165) is 16.9 Å². The first-order valence-electron chi connectivity index (χ1n) is 8.90. The normalized spacial score (nSPS) is 16.9. The summed E-state index contributed by atoms with van der Waals surface area (Å²) in [6.45, 7) is 5.67. The molecule has 1 aliphatic carbocycles. The van der Waals surface area contributed by atoms with E-state index in [0.29, 0.717) is 11.6 Å². The molecule has 2 rings (SSSR count). The lowest BCUT2D eigenvalue weighted by Gasteiger charge is -2.17. The number of thioether (sulfide) groups is 1.